The van der Waals surface area contributed by atoms with Gasteiger partial charge in [-0.1, -0.05) is 36.4 Å². The van der Waals surface area contributed by atoms with Crippen LogP contribution in [0.4, 0.5) is 11.4 Å². The zero-order valence-corrected chi connectivity index (χ0v) is 18.3. The molecule has 0 saturated carbocycles. The van der Waals surface area contributed by atoms with E-state index in [-0.39, 0.29) is 6.42 Å². The Morgan fingerprint density at radius 1 is 0.969 bits per heavy atom. The number of anilines is 2. The second-order valence-electron chi connectivity index (χ2n) is 7.83. The van der Waals surface area contributed by atoms with E-state index in [1.807, 2.05) is 72.8 Å². The normalized spacial score (nSPS) is 14.0. The van der Waals surface area contributed by atoms with Gasteiger partial charge in [-0.05, 0) is 55.8 Å². The van der Waals surface area contributed by atoms with Gasteiger partial charge >= 0.3 is 5.97 Å². The number of aliphatic carboxylic acids is 1. The third kappa shape index (κ3) is 4.55. The fourth-order valence-electron chi connectivity index (χ4n) is 3.88. The fraction of sp³-hybridized carbons (Fsp3) is 0.269. The molecule has 1 N–H and O–H groups in total. The maximum absolute atomic E-state index is 11.6. The molecule has 0 radical (unpaired) electrons. The summed E-state index contributed by atoms with van der Waals surface area (Å²) < 4.78 is 17.5. The van der Waals surface area contributed by atoms with Crippen LogP contribution < -0.4 is 14.4 Å². The first kappa shape index (κ1) is 21.7. The highest BCUT2D eigenvalue weighted by molar-refractivity contribution is 5.78. The van der Waals surface area contributed by atoms with Gasteiger partial charge in [-0.25, -0.2) is 4.79 Å². The maximum Gasteiger partial charge on any atom is 0.336 e. The third-order valence-electron chi connectivity index (χ3n) is 5.50. The second kappa shape index (κ2) is 9.32. The molecule has 1 aliphatic rings. The number of para-hydroxylation sites is 4. The smallest absolute Gasteiger partial charge is 0.336 e. The molecule has 32 heavy (non-hydrogen) atoms. The molecule has 0 aliphatic carbocycles. The summed E-state index contributed by atoms with van der Waals surface area (Å²) in [7, 11) is 0. The highest BCUT2D eigenvalue weighted by Crippen LogP contribution is 2.45. The topological polar surface area (TPSA) is 68.2 Å². The summed E-state index contributed by atoms with van der Waals surface area (Å²) >= 11 is 0. The molecule has 6 heteroatoms. The van der Waals surface area contributed by atoms with E-state index in [9.17, 15) is 9.90 Å². The van der Waals surface area contributed by atoms with E-state index in [0.29, 0.717) is 19.8 Å². The first-order valence-corrected chi connectivity index (χ1v) is 10.7. The number of fused-ring (bicyclic) bond motifs is 2. The quantitative estimate of drug-likeness (QED) is 0.485. The molecule has 0 bridgehead atoms. The summed E-state index contributed by atoms with van der Waals surface area (Å²) in [6.07, 6.45) is 0.289. The summed E-state index contributed by atoms with van der Waals surface area (Å²) in [5.41, 5.74) is 1.66. The van der Waals surface area contributed by atoms with Crippen molar-refractivity contribution in [2.45, 2.75) is 25.9 Å². The van der Waals surface area contributed by atoms with Crippen LogP contribution in [0.2, 0.25) is 0 Å². The average Bonchev–Trinajstić information content (AvgIpc) is 2.80. The Morgan fingerprint density at radius 2 is 1.56 bits per heavy atom. The van der Waals surface area contributed by atoms with E-state index in [0.717, 1.165) is 34.2 Å². The van der Waals surface area contributed by atoms with Crippen LogP contribution in [0.5, 0.6) is 17.2 Å². The lowest BCUT2D eigenvalue weighted by molar-refractivity contribution is -0.162. The molecule has 0 fully saturated rings. The lowest BCUT2D eigenvalue weighted by Gasteiger charge is -2.32. The molecule has 1 aliphatic heterocycles. The Hall–Kier alpha value is -3.51. The van der Waals surface area contributed by atoms with Crippen LogP contribution >= 0.6 is 0 Å². The van der Waals surface area contributed by atoms with Gasteiger partial charge in [0.25, 0.3) is 0 Å². The molecule has 166 valence electrons. The largest absolute Gasteiger partial charge is 0.492 e. The number of carboxylic acids is 1. The fourth-order valence-corrected chi connectivity index (χ4v) is 3.88. The van der Waals surface area contributed by atoms with Crippen molar-refractivity contribution in [3.63, 3.8) is 0 Å². The van der Waals surface area contributed by atoms with E-state index < -0.39 is 11.6 Å². The van der Waals surface area contributed by atoms with Crippen molar-refractivity contribution in [3.8, 4) is 17.2 Å². The summed E-state index contributed by atoms with van der Waals surface area (Å²) in [5, 5.41) is 9.50. The summed E-state index contributed by atoms with van der Waals surface area (Å²) in [6, 6.07) is 23.4. The predicted molar refractivity (Wildman–Crippen MR) is 123 cm³/mol. The lowest BCUT2D eigenvalue weighted by atomic mass is 9.96. The van der Waals surface area contributed by atoms with Crippen molar-refractivity contribution in [2.24, 2.45) is 0 Å². The molecule has 3 aromatic rings. The van der Waals surface area contributed by atoms with Crippen molar-refractivity contribution in [1.29, 1.82) is 0 Å². The number of benzene rings is 3. The van der Waals surface area contributed by atoms with Crippen LogP contribution in [-0.4, -0.2) is 36.4 Å². The molecule has 1 atom stereocenters. The number of carboxylic acid groups (broad SMARTS) is 1. The van der Waals surface area contributed by atoms with Gasteiger partial charge in [0.2, 0.25) is 0 Å². The van der Waals surface area contributed by atoms with Crippen LogP contribution in [0.3, 0.4) is 0 Å². The number of ether oxygens (including phenoxy) is 3. The Morgan fingerprint density at radius 3 is 2.12 bits per heavy atom. The number of nitrogens with zero attached hydrogens (tertiary/aromatic N) is 1. The predicted octanol–water partition coefficient (Wildman–Crippen LogP) is 5.43. The first-order valence-electron chi connectivity index (χ1n) is 10.7. The van der Waals surface area contributed by atoms with Gasteiger partial charge in [-0.15, -0.1) is 0 Å². The highest BCUT2D eigenvalue weighted by Gasteiger charge is 2.34. The minimum atomic E-state index is -1.24. The first-order chi connectivity index (χ1) is 15.5. The molecule has 3 aromatic carbocycles. The number of hydrogen-bond donors (Lipinski definition) is 1. The second-order valence-corrected chi connectivity index (χ2v) is 7.83. The van der Waals surface area contributed by atoms with Crippen LogP contribution in [0.25, 0.3) is 0 Å². The minimum Gasteiger partial charge on any atom is -0.492 e. The van der Waals surface area contributed by atoms with Crippen molar-refractivity contribution < 1.29 is 24.1 Å². The molecule has 1 heterocycles. The number of rotatable bonds is 9. The van der Waals surface area contributed by atoms with E-state index in [2.05, 4.69) is 4.90 Å². The molecule has 4 rings (SSSR count). The van der Waals surface area contributed by atoms with E-state index in [1.165, 1.54) is 0 Å². The van der Waals surface area contributed by atoms with Gasteiger partial charge in [0.05, 0.1) is 17.9 Å². The Balaban J connectivity index is 1.41. The zero-order valence-electron chi connectivity index (χ0n) is 18.3. The van der Waals surface area contributed by atoms with Crippen LogP contribution in [0.1, 0.15) is 19.4 Å². The van der Waals surface area contributed by atoms with E-state index in [4.69, 9.17) is 14.2 Å². The van der Waals surface area contributed by atoms with Crippen molar-refractivity contribution in [1.82, 2.24) is 0 Å². The third-order valence-corrected chi connectivity index (χ3v) is 5.50. The standard InChI is InChI=1S/C26H27NO5/c1-3-31-26(2,25(28)29)18-19-12-14-20(15-13-19)30-17-16-27-21-8-4-6-10-23(21)32-24-11-7-5-9-22(24)27/h4-15H,3,16-18H2,1-2H3,(H,28,29)/t26-/m0/s1. The van der Waals surface area contributed by atoms with Crippen LogP contribution in [0.15, 0.2) is 72.8 Å². The lowest BCUT2D eigenvalue weighted by Crippen LogP contribution is -2.40. The molecular weight excluding hydrogens is 406 g/mol. The molecular formula is C26H27NO5. The minimum absolute atomic E-state index is 0.289. The van der Waals surface area contributed by atoms with Gasteiger partial charge in [-0.2, -0.15) is 0 Å². The number of carbonyl (C=O) groups is 1. The summed E-state index contributed by atoms with van der Waals surface area (Å²) in [5.74, 6) is 1.42. The monoisotopic (exact) mass is 433 g/mol. The van der Waals surface area contributed by atoms with Gasteiger partial charge in [-0.3, -0.25) is 0 Å². The van der Waals surface area contributed by atoms with Gasteiger partial charge in [0.15, 0.2) is 17.1 Å². The molecule has 0 amide bonds. The number of hydrogen-bond acceptors (Lipinski definition) is 5. The molecule has 0 aromatic heterocycles. The van der Waals surface area contributed by atoms with E-state index in [1.54, 1.807) is 13.8 Å². The maximum atomic E-state index is 11.6. The van der Waals surface area contributed by atoms with Crippen molar-refractivity contribution in [2.75, 3.05) is 24.7 Å². The Kier molecular flexibility index (Phi) is 6.32. The Labute approximate surface area is 188 Å². The molecule has 6 nitrogen and oxygen atoms in total. The summed E-state index contributed by atoms with van der Waals surface area (Å²) in [6.45, 7) is 4.87. The van der Waals surface area contributed by atoms with E-state index >= 15 is 0 Å². The zero-order chi connectivity index (χ0) is 22.6. The van der Waals surface area contributed by atoms with Crippen molar-refractivity contribution in [3.05, 3.63) is 78.4 Å². The van der Waals surface area contributed by atoms with Gasteiger partial charge < -0.3 is 24.2 Å². The average molecular weight is 434 g/mol. The SMILES string of the molecule is CCO[C@@](C)(Cc1ccc(OCCN2c3ccccc3Oc3ccccc32)cc1)C(=O)O. The summed E-state index contributed by atoms with van der Waals surface area (Å²) in [4.78, 5) is 13.8. The Bertz CT molecular complexity index is 1040. The van der Waals surface area contributed by atoms with Gasteiger partial charge in [0.1, 0.15) is 12.4 Å². The van der Waals surface area contributed by atoms with Gasteiger partial charge in [0, 0.05) is 13.0 Å². The van der Waals surface area contributed by atoms with Crippen LogP contribution in [-0.2, 0) is 16.0 Å². The molecule has 0 unspecified atom stereocenters. The highest BCUT2D eigenvalue weighted by atomic mass is 16.5. The molecule has 0 spiro atoms. The molecule has 0 saturated heterocycles. The van der Waals surface area contributed by atoms with Crippen LogP contribution in [0, 0.1) is 0 Å². The van der Waals surface area contributed by atoms with Crippen molar-refractivity contribution >= 4 is 17.3 Å².